The maximum atomic E-state index is 12.3. The van der Waals surface area contributed by atoms with Gasteiger partial charge in [-0.05, 0) is 19.1 Å². The fourth-order valence-corrected chi connectivity index (χ4v) is 3.41. The highest BCUT2D eigenvalue weighted by Gasteiger charge is 2.28. The van der Waals surface area contributed by atoms with E-state index in [-0.39, 0.29) is 18.4 Å². The number of rotatable bonds is 5. The van der Waals surface area contributed by atoms with Crippen molar-refractivity contribution in [2.75, 3.05) is 18.1 Å². The molecule has 1 aromatic rings. The minimum absolute atomic E-state index is 0.0191. The zero-order valence-electron chi connectivity index (χ0n) is 11.5. The summed E-state index contributed by atoms with van der Waals surface area (Å²) in [5.41, 5.74) is 0. The number of thioether (sulfide) groups is 1. The van der Waals surface area contributed by atoms with E-state index in [1.807, 2.05) is 19.1 Å². The Morgan fingerprint density at radius 3 is 2.95 bits per heavy atom. The van der Waals surface area contributed by atoms with Gasteiger partial charge in [0.05, 0.1) is 12.5 Å². The molecule has 2 rings (SSSR count). The fraction of sp³-hybridized carbons (Fsp3) is 0.571. The van der Waals surface area contributed by atoms with Gasteiger partial charge in [-0.2, -0.15) is 11.8 Å². The van der Waals surface area contributed by atoms with Crippen LogP contribution in [0.3, 0.4) is 0 Å². The van der Waals surface area contributed by atoms with E-state index in [4.69, 9.17) is 9.52 Å². The van der Waals surface area contributed by atoms with E-state index in [0.717, 1.165) is 17.3 Å². The summed E-state index contributed by atoms with van der Waals surface area (Å²) in [6.45, 7) is 2.51. The average molecular weight is 297 g/mol. The highest BCUT2D eigenvalue weighted by molar-refractivity contribution is 7.99. The molecule has 0 spiro atoms. The predicted octanol–water partition coefficient (Wildman–Crippen LogP) is 1.94. The number of carbonyl (C=O) groups excluding carboxylic acids is 1. The van der Waals surface area contributed by atoms with Crippen molar-refractivity contribution in [3.05, 3.63) is 23.7 Å². The lowest BCUT2D eigenvalue weighted by Crippen LogP contribution is -2.47. The van der Waals surface area contributed by atoms with Crippen LogP contribution in [0.4, 0.5) is 0 Å². The first-order valence-electron chi connectivity index (χ1n) is 6.70. The van der Waals surface area contributed by atoms with E-state index in [9.17, 15) is 9.59 Å². The molecule has 2 heterocycles. The Morgan fingerprint density at radius 2 is 2.30 bits per heavy atom. The maximum Gasteiger partial charge on any atom is 0.305 e. The minimum Gasteiger partial charge on any atom is -0.481 e. The second kappa shape index (κ2) is 6.83. The highest BCUT2D eigenvalue weighted by Crippen LogP contribution is 2.20. The summed E-state index contributed by atoms with van der Waals surface area (Å²) >= 11 is 1.71. The number of nitrogens with zero attached hydrogens (tertiary/aromatic N) is 1. The van der Waals surface area contributed by atoms with Gasteiger partial charge in [-0.15, -0.1) is 0 Å². The summed E-state index contributed by atoms with van der Waals surface area (Å²) in [7, 11) is 0. The van der Waals surface area contributed by atoms with Crippen molar-refractivity contribution in [1.82, 2.24) is 4.90 Å². The van der Waals surface area contributed by atoms with Gasteiger partial charge >= 0.3 is 5.97 Å². The standard InChI is InChI=1S/C14H19NO4S/c1-10-2-3-12(19-10)4-5-13(16)15-6-7-20-9-11(15)8-14(17)18/h2-3,11H,4-9H2,1H3,(H,17,18)/t11-/m0/s1. The van der Waals surface area contributed by atoms with Crippen LogP contribution in [0.25, 0.3) is 0 Å². The van der Waals surface area contributed by atoms with Crippen LogP contribution in [0, 0.1) is 6.92 Å². The first-order valence-corrected chi connectivity index (χ1v) is 7.86. The van der Waals surface area contributed by atoms with E-state index in [1.165, 1.54) is 0 Å². The molecular weight excluding hydrogens is 278 g/mol. The summed E-state index contributed by atoms with van der Waals surface area (Å²) in [6.07, 6.45) is 0.961. The monoisotopic (exact) mass is 297 g/mol. The van der Waals surface area contributed by atoms with Crippen LogP contribution in [-0.4, -0.2) is 46.0 Å². The third-order valence-electron chi connectivity index (χ3n) is 3.34. The Balaban J connectivity index is 1.90. The predicted molar refractivity (Wildman–Crippen MR) is 76.8 cm³/mol. The minimum atomic E-state index is -0.850. The first-order chi connectivity index (χ1) is 9.56. The zero-order valence-corrected chi connectivity index (χ0v) is 12.3. The Hall–Kier alpha value is -1.43. The van der Waals surface area contributed by atoms with E-state index >= 15 is 0 Å². The van der Waals surface area contributed by atoms with Crippen molar-refractivity contribution in [3.63, 3.8) is 0 Å². The average Bonchev–Trinajstić information content (AvgIpc) is 2.82. The lowest BCUT2D eigenvalue weighted by atomic mass is 10.1. The first kappa shape index (κ1) is 15.0. The number of carboxylic acids is 1. The molecule has 1 fully saturated rings. The van der Waals surface area contributed by atoms with Crippen molar-refractivity contribution in [1.29, 1.82) is 0 Å². The number of amides is 1. The Labute approximate surface area is 122 Å². The Bertz CT molecular complexity index is 485. The smallest absolute Gasteiger partial charge is 0.305 e. The summed E-state index contributed by atoms with van der Waals surface area (Å²) in [5.74, 6) is 2.39. The van der Waals surface area contributed by atoms with Crippen molar-refractivity contribution in [2.45, 2.75) is 32.2 Å². The van der Waals surface area contributed by atoms with Crippen LogP contribution in [0.15, 0.2) is 16.5 Å². The molecule has 20 heavy (non-hydrogen) atoms. The normalized spacial score (nSPS) is 19.1. The fourth-order valence-electron chi connectivity index (χ4n) is 2.35. The summed E-state index contributed by atoms with van der Waals surface area (Å²) in [6, 6.07) is 3.57. The molecule has 0 radical (unpaired) electrons. The molecule has 0 saturated carbocycles. The van der Waals surface area contributed by atoms with Gasteiger partial charge in [-0.1, -0.05) is 0 Å². The van der Waals surface area contributed by atoms with Gasteiger partial charge in [0.25, 0.3) is 0 Å². The van der Waals surface area contributed by atoms with Crippen LogP contribution in [0.2, 0.25) is 0 Å². The van der Waals surface area contributed by atoms with Gasteiger partial charge in [0, 0.05) is 30.9 Å². The summed E-state index contributed by atoms with van der Waals surface area (Å²) in [5, 5.41) is 8.91. The van der Waals surface area contributed by atoms with Crippen molar-refractivity contribution >= 4 is 23.6 Å². The molecular formula is C14H19NO4S. The van der Waals surface area contributed by atoms with Crippen LogP contribution < -0.4 is 0 Å². The molecule has 1 aromatic heterocycles. The molecule has 6 heteroatoms. The van der Waals surface area contributed by atoms with E-state index < -0.39 is 5.97 Å². The van der Waals surface area contributed by atoms with Crippen LogP contribution in [0.1, 0.15) is 24.4 Å². The number of aliphatic carboxylic acids is 1. The van der Waals surface area contributed by atoms with Gasteiger partial charge in [-0.3, -0.25) is 9.59 Å². The molecule has 0 bridgehead atoms. The van der Waals surface area contributed by atoms with Gasteiger partial charge < -0.3 is 14.4 Å². The number of aryl methyl sites for hydroxylation is 2. The highest BCUT2D eigenvalue weighted by atomic mass is 32.2. The molecule has 1 atom stereocenters. The number of carboxylic acid groups (broad SMARTS) is 1. The largest absolute Gasteiger partial charge is 0.481 e. The number of hydrogen-bond acceptors (Lipinski definition) is 4. The van der Waals surface area contributed by atoms with Gasteiger partial charge in [-0.25, -0.2) is 0 Å². The van der Waals surface area contributed by atoms with Crippen LogP contribution in [-0.2, 0) is 16.0 Å². The van der Waals surface area contributed by atoms with Crippen LogP contribution in [0.5, 0.6) is 0 Å². The van der Waals surface area contributed by atoms with Crippen molar-refractivity contribution in [3.8, 4) is 0 Å². The van der Waals surface area contributed by atoms with E-state index in [1.54, 1.807) is 16.7 Å². The quantitative estimate of drug-likeness (QED) is 0.899. The van der Waals surface area contributed by atoms with E-state index in [2.05, 4.69) is 0 Å². The molecule has 5 nitrogen and oxygen atoms in total. The summed E-state index contributed by atoms with van der Waals surface area (Å²) < 4.78 is 5.44. The second-order valence-corrected chi connectivity index (χ2v) is 6.08. The van der Waals surface area contributed by atoms with Crippen molar-refractivity contribution < 1.29 is 19.1 Å². The summed E-state index contributed by atoms with van der Waals surface area (Å²) in [4.78, 5) is 24.8. The molecule has 1 saturated heterocycles. The molecule has 1 amide bonds. The molecule has 0 unspecified atom stereocenters. The molecule has 0 aromatic carbocycles. The molecule has 1 N–H and O–H groups in total. The number of carbonyl (C=O) groups is 2. The van der Waals surface area contributed by atoms with E-state index in [0.29, 0.717) is 25.1 Å². The van der Waals surface area contributed by atoms with Gasteiger partial charge in [0.15, 0.2) is 0 Å². The van der Waals surface area contributed by atoms with Crippen molar-refractivity contribution in [2.24, 2.45) is 0 Å². The molecule has 110 valence electrons. The second-order valence-electron chi connectivity index (χ2n) is 4.93. The lowest BCUT2D eigenvalue weighted by Gasteiger charge is -2.34. The Kier molecular flexibility index (Phi) is 5.11. The zero-order chi connectivity index (χ0) is 14.5. The number of hydrogen-bond donors (Lipinski definition) is 1. The topological polar surface area (TPSA) is 70.8 Å². The molecule has 1 aliphatic heterocycles. The van der Waals surface area contributed by atoms with Crippen LogP contribution >= 0.6 is 11.8 Å². The third-order valence-corrected chi connectivity index (χ3v) is 4.43. The number of furan rings is 1. The third kappa shape index (κ3) is 4.03. The molecule has 0 aliphatic carbocycles. The lowest BCUT2D eigenvalue weighted by molar-refractivity contribution is -0.140. The van der Waals surface area contributed by atoms with Gasteiger partial charge in [0.2, 0.25) is 5.91 Å². The molecule has 1 aliphatic rings. The maximum absolute atomic E-state index is 12.3. The van der Waals surface area contributed by atoms with Gasteiger partial charge in [0.1, 0.15) is 11.5 Å². The SMILES string of the molecule is Cc1ccc(CCC(=O)N2CCSC[C@@H]2CC(=O)O)o1. The Morgan fingerprint density at radius 1 is 1.50 bits per heavy atom.